The lowest BCUT2D eigenvalue weighted by molar-refractivity contribution is 0.122. The molecule has 1 aliphatic heterocycles. The number of nitrogens with one attached hydrogen (secondary N) is 2. The molecular weight excluding hydrogens is 416 g/mol. The van der Waals surface area contributed by atoms with Crippen LogP contribution < -0.4 is 10.3 Å². The van der Waals surface area contributed by atoms with Crippen LogP contribution in [0.15, 0.2) is 72.2 Å². The lowest BCUT2D eigenvalue weighted by Gasteiger charge is -2.27. The Morgan fingerprint density at radius 2 is 1.82 bits per heavy atom. The van der Waals surface area contributed by atoms with Gasteiger partial charge in [-0.15, -0.1) is 0 Å². The zero-order valence-electron chi connectivity index (χ0n) is 17.8. The van der Waals surface area contributed by atoms with Crippen molar-refractivity contribution in [2.24, 2.45) is 5.10 Å². The largest absolute Gasteiger partial charge is 0.378 e. The minimum atomic E-state index is 0.562. The highest BCUT2D eigenvalue weighted by Crippen LogP contribution is 2.25. The number of benzene rings is 2. The van der Waals surface area contributed by atoms with Gasteiger partial charge in [-0.3, -0.25) is 9.99 Å². The zero-order valence-corrected chi connectivity index (χ0v) is 17.8. The topological polar surface area (TPSA) is 96.2 Å². The maximum absolute atomic E-state index is 5.50. The number of hydrogen-bond donors (Lipinski definition) is 2. The highest BCUT2D eigenvalue weighted by atomic mass is 16.5. The van der Waals surface area contributed by atoms with Crippen LogP contribution in [0.5, 0.6) is 0 Å². The summed E-state index contributed by atoms with van der Waals surface area (Å²) in [6.45, 7) is 2.79. The number of morpholine rings is 1. The van der Waals surface area contributed by atoms with Gasteiger partial charge >= 0.3 is 0 Å². The summed E-state index contributed by atoms with van der Waals surface area (Å²) in [5.74, 6) is 1.19. The molecule has 0 aliphatic carbocycles. The third-order valence-corrected chi connectivity index (χ3v) is 5.71. The van der Waals surface area contributed by atoms with Gasteiger partial charge in [0.05, 0.1) is 19.4 Å². The van der Waals surface area contributed by atoms with Crippen molar-refractivity contribution in [3.63, 3.8) is 0 Å². The van der Waals surface area contributed by atoms with E-state index in [1.165, 1.54) is 0 Å². The summed E-state index contributed by atoms with van der Waals surface area (Å²) >= 11 is 0. The molecule has 9 heteroatoms. The Labute approximate surface area is 189 Å². The van der Waals surface area contributed by atoms with Crippen molar-refractivity contribution < 1.29 is 4.74 Å². The van der Waals surface area contributed by atoms with Crippen molar-refractivity contribution in [3.8, 4) is 5.69 Å². The van der Waals surface area contributed by atoms with Gasteiger partial charge in [-0.05, 0) is 18.2 Å². The van der Waals surface area contributed by atoms with Crippen LogP contribution in [-0.4, -0.2) is 57.0 Å². The summed E-state index contributed by atoms with van der Waals surface area (Å²) in [6, 6.07) is 18.2. The average Bonchev–Trinajstić information content (AvgIpc) is 3.50. The fraction of sp³-hybridized carbons (Fsp3) is 0.167. The summed E-state index contributed by atoms with van der Waals surface area (Å²) < 4.78 is 7.47. The summed E-state index contributed by atoms with van der Waals surface area (Å²) in [5, 5.41) is 5.58. The number of hydrazone groups is 1. The van der Waals surface area contributed by atoms with Crippen LogP contribution in [0.2, 0.25) is 0 Å². The molecule has 0 amide bonds. The maximum atomic E-state index is 5.50. The number of hydrogen-bond acceptors (Lipinski definition) is 7. The molecule has 0 spiro atoms. The predicted molar refractivity (Wildman–Crippen MR) is 129 cm³/mol. The molecule has 1 saturated heterocycles. The SMILES string of the molecule is C(=N\Nc1nc(N2CCOCC2)nc2c1ncn2-c1ccccc1)/c1c[nH]c2ccccc12. The Bertz CT molecular complexity index is 1430. The molecule has 0 atom stereocenters. The second-order valence-electron chi connectivity index (χ2n) is 7.75. The second kappa shape index (κ2) is 8.36. The Kier molecular flexibility index (Phi) is 4.93. The van der Waals surface area contributed by atoms with Crippen molar-refractivity contribution in [3.05, 3.63) is 72.7 Å². The average molecular weight is 438 g/mol. The highest BCUT2D eigenvalue weighted by molar-refractivity contribution is 5.99. The molecule has 3 aromatic heterocycles. The van der Waals surface area contributed by atoms with Gasteiger partial charge < -0.3 is 14.6 Å². The molecule has 0 unspecified atom stereocenters. The molecule has 33 heavy (non-hydrogen) atoms. The fourth-order valence-corrected chi connectivity index (χ4v) is 4.01. The first-order valence-corrected chi connectivity index (χ1v) is 10.9. The first kappa shape index (κ1) is 19.4. The van der Waals surface area contributed by atoms with E-state index < -0.39 is 0 Å². The number of aromatic amines is 1. The summed E-state index contributed by atoms with van der Waals surface area (Å²) in [6.07, 6.45) is 5.50. The van der Waals surface area contributed by atoms with Gasteiger partial charge in [-0.25, -0.2) is 4.98 Å². The van der Waals surface area contributed by atoms with Gasteiger partial charge in [-0.2, -0.15) is 15.1 Å². The van der Waals surface area contributed by atoms with Crippen LogP contribution in [0, 0.1) is 0 Å². The van der Waals surface area contributed by atoms with E-state index in [4.69, 9.17) is 14.7 Å². The summed E-state index contributed by atoms with van der Waals surface area (Å²) in [7, 11) is 0. The lowest BCUT2D eigenvalue weighted by atomic mass is 10.2. The van der Waals surface area contributed by atoms with Crippen molar-refractivity contribution >= 4 is 40.0 Å². The molecular formula is C24H22N8O. The first-order valence-electron chi connectivity index (χ1n) is 10.9. The summed E-state index contributed by atoms with van der Waals surface area (Å²) in [4.78, 5) is 19.6. The molecule has 2 N–H and O–H groups in total. The Morgan fingerprint density at radius 1 is 1.00 bits per heavy atom. The van der Waals surface area contributed by atoms with Crippen LogP contribution in [-0.2, 0) is 4.74 Å². The second-order valence-corrected chi connectivity index (χ2v) is 7.75. The number of fused-ring (bicyclic) bond motifs is 2. The number of para-hydroxylation sites is 2. The third-order valence-electron chi connectivity index (χ3n) is 5.71. The van der Waals surface area contributed by atoms with Gasteiger partial charge in [0.15, 0.2) is 17.0 Å². The Balaban J connectivity index is 1.40. The van der Waals surface area contributed by atoms with E-state index in [1.54, 1.807) is 12.5 Å². The minimum absolute atomic E-state index is 0.562. The van der Waals surface area contributed by atoms with Gasteiger partial charge in [0, 0.05) is 41.4 Å². The van der Waals surface area contributed by atoms with Gasteiger partial charge in [0.1, 0.15) is 6.33 Å². The molecule has 5 aromatic rings. The zero-order chi connectivity index (χ0) is 22.0. The number of imidazole rings is 1. The van der Waals surface area contributed by atoms with Crippen LogP contribution in [0.1, 0.15) is 5.56 Å². The first-order chi connectivity index (χ1) is 16.4. The molecule has 4 heterocycles. The number of ether oxygens (including phenoxy) is 1. The standard InChI is InChI=1S/C24H22N8O/c1-2-6-18(7-3-1)32-16-26-21-22(28-24(29-23(21)32)31-10-12-33-13-11-31)30-27-15-17-14-25-20-9-5-4-8-19(17)20/h1-9,14-16,25H,10-13H2,(H,28,29,30)/b27-15+. The normalized spacial score (nSPS) is 14.5. The van der Waals surface area contributed by atoms with Gasteiger partial charge in [-0.1, -0.05) is 36.4 Å². The van der Waals surface area contributed by atoms with Crippen LogP contribution in [0.4, 0.5) is 11.8 Å². The lowest BCUT2D eigenvalue weighted by Crippen LogP contribution is -2.37. The molecule has 0 radical (unpaired) electrons. The van der Waals surface area contributed by atoms with E-state index in [1.807, 2.05) is 59.3 Å². The molecule has 164 valence electrons. The molecule has 0 saturated carbocycles. The molecule has 0 bridgehead atoms. The number of nitrogens with zero attached hydrogens (tertiary/aromatic N) is 6. The monoisotopic (exact) mass is 438 g/mol. The van der Waals surface area contributed by atoms with E-state index in [2.05, 4.69) is 31.5 Å². The Hall–Kier alpha value is -4.24. The molecule has 9 nitrogen and oxygen atoms in total. The maximum Gasteiger partial charge on any atom is 0.229 e. The Morgan fingerprint density at radius 3 is 2.70 bits per heavy atom. The van der Waals surface area contributed by atoms with E-state index in [0.717, 1.165) is 40.9 Å². The number of H-pyrrole nitrogens is 1. The fourth-order valence-electron chi connectivity index (χ4n) is 4.01. The van der Waals surface area contributed by atoms with E-state index >= 15 is 0 Å². The van der Waals surface area contributed by atoms with Crippen LogP contribution in [0.25, 0.3) is 27.8 Å². The van der Waals surface area contributed by atoms with Crippen LogP contribution in [0.3, 0.4) is 0 Å². The van der Waals surface area contributed by atoms with E-state index in [-0.39, 0.29) is 0 Å². The molecule has 2 aromatic carbocycles. The van der Waals surface area contributed by atoms with Gasteiger partial charge in [0.2, 0.25) is 5.95 Å². The minimum Gasteiger partial charge on any atom is -0.378 e. The number of rotatable bonds is 5. The van der Waals surface area contributed by atoms with Crippen LogP contribution >= 0.6 is 0 Å². The van der Waals surface area contributed by atoms with Crippen molar-refractivity contribution in [1.82, 2.24) is 24.5 Å². The smallest absolute Gasteiger partial charge is 0.229 e. The molecule has 6 rings (SSSR count). The van der Waals surface area contributed by atoms with E-state index in [0.29, 0.717) is 30.5 Å². The molecule has 1 aliphatic rings. The van der Waals surface area contributed by atoms with Crippen molar-refractivity contribution in [1.29, 1.82) is 0 Å². The summed E-state index contributed by atoms with van der Waals surface area (Å²) in [5.41, 5.74) is 7.54. The molecule has 1 fully saturated rings. The predicted octanol–water partition coefficient (Wildman–Crippen LogP) is 3.58. The third kappa shape index (κ3) is 3.68. The van der Waals surface area contributed by atoms with E-state index in [9.17, 15) is 0 Å². The quantitative estimate of drug-likeness (QED) is 0.322. The number of aromatic nitrogens is 5. The van der Waals surface area contributed by atoms with Gasteiger partial charge in [0.25, 0.3) is 0 Å². The van der Waals surface area contributed by atoms with Crippen molar-refractivity contribution in [2.75, 3.05) is 36.6 Å². The van der Waals surface area contributed by atoms with Crippen molar-refractivity contribution in [2.45, 2.75) is 0 Å². The highest BCUT2D eigenvalue weighted by Gasteiger charge is 2.19. The number of anilines is 2.